The van der Waals surface area contributed by atoms with Crippen molar-refractivity contribution >= 4 is 23.7 Å². The van der Waals surface area contributed by atoms with E-state index in [1.165, 1.54) is 18.3 Å². The number of rotatable bonds is 8. The number of nitrogens with zero attached hydrogens (tertiary/aromatic N) is 1. The highest BCUT2D eigenvalue weighted by Gasteiger charge is 2.13. The molecule has 34 heavy (non-hydrogen) atoms. The van der Waals surface area contributed by atoms with E-state index in [2.05, 4.69) is 15.8 Å². The van der Waals surface area contributed by atoms with E-state index in [-0.39, 0.29) is 12.4 Å². The molecule has 0 atom stereocenters. The first kappa shape index (κ1) is 24.4. The third-order valence-electron chi connectivity index (χ3n) is 4.64. The zero-order chi connectivity index (χ0) is 24.5. The van der Waals surface area contributed by atoms with E-state index in [0.717, 1.165) is 16.7 Å². The summed E-state index contributed by atoms with van der Waals surface area (Å²) in [4.78, 5) is 24.2. The highest BCUT2D eigenvalue weighted by molar-refractivity contribution is 6.39. The fourth-order valence-corrected chi connectivity index (χ4v) is 3.19. The molecule has 0 fully saturated rings. The van der Waals surface area contributed by atoms with Crippen LogP contribution in [-0.4, -0.2) is 24.6 Å². The highest BCUT2D eigenvalue weighted by atomic mass is 19.1. The van der Waals surface area contributed by atoms with Crippen molar-refractivity contribution in [3.63, 3.8) is 0 Å². The Balaban J connectivity index is 1.59. The van der Waals surface area contributed by atoms with Crippen molar-refractivity contribution < 1.29 is 23.5 Å². The number of benzene rings is 3. The van der Waals surface area contributed by atoms with Gasteiger partial charge in [-0.15, -0.1) is 0 Å². The molecule has 0 saturated heterocycles. The molecular weight excluding hydrogens is 437 g/mol. The van der Waals surface area contributed by atoms with Crippen LogP contribution in [0.4, 0.5) is 10.1 Å². The molecule has 0 saturated carbocycles. The van der Waals surface area contributed by atoms with Gasteiger partial charge in [-0.1, -0.05) is 18.2 Å². The maximum Gasteiger partial charge on any atom is 0.329 e. The van der Waals surface area contributed by atoms with E-state index >= 15 is 0 Å². The lowest BCUT2D eigenvalue weighted by Gasteiger charge is -2.12. The van der Waals surface area contributed by atoms with Gasteiger partial charge in [-0.05, 0) is 85.5 Å². The quantitative estimate of drug-likeness (QED) is 0.292. The fraction of sp³-hybridized carbons (Fsp3) is 0.192. The van der Waals surface area contributed by atoms with Gasteiger partial charge in [0.2, 0.25) is 0 Å². The number of carbonyl (C=O) groups is 2. The number of anilines is 1. The topological polar surface area (TPSA) is 89.0 Å². The predicted molar refractivity (Wildman–Crippen MR) is 129 cm³/mol. The Bertz CT molecular complexity index is 1170. The minimum atomic E-state index is -0.889. The number of carbonyl (C=O) groups excluding carboxylic acids is 2. The van der Waals surface area contributed by atoms with Crippen LogP contribution in [0.3, 0.4) is 0 Å². The summed E-state index contributed by atoms with van der Waals surface area (Å²) in [6, 6.07) is 16.7. The monoisotopic (exact) mass is 463 g/mol. The summed E-state index contributed by atoms with van der Waals surface area (Å²) in [5.74, 6) is -1.01. The number of halogens is 1. The van der Waals surface area contributed by atoms with Crippen LogP contribution in [0.15, 0.2) is 65.8 Å². The molecule has 7 nitrogen and oxygen atoms in total. The van der Waals surface area contributed by atoms with Crippen molar-refractivity contribution in [2.75, 3.05) is 11.9 Å². The standard InChI is InChI=1S/C26H26FN3O4/c1-4-33-24-14-20(7-10-23(24)34-16-19-5-8-21(27)9-6-19)15-28-30-26(32)25(31)29-22-12-17(2)11-18(3)13-22/h5-15H,4,16H2,1-3H3,(H,29,31)(H,30,32). The minimum Gasteiger partial charge on any atom is -0.490 e. The molecule has 2 N–H and O–H groups in total. The summed E-state index contributed by atoms with van der Waals surface area (Å²) in [7, 11) is 0. The van der Waals surface area contributed by atoms with E-state index in [1.54, 1.807) is 42.5 Å². The lowest BCUT2D eigenvalue weighted by molar-refractivity contribution is -0.136. The summed E-state index contributed by atoms with van der Waals surface area (Å²) in [5.41, 5.74) is 6.15. The summed E-state index contributed by atoms with van der Waals surface area (Å²) >= 11 is 0. The van der Waals surface area contributed by atoms with E-state index in [1.807, 2.05) is 26.8 Å². The predicted octanol–water partition coefficient (Wildman–Crippen LogP) is 4.51. The molecule has 3 aromatic rings. The average molecular weight is 464 g/mol. The number of amides is 2. The Morgan fingerprint density at radius 2 is 1.62 bits per heavy atom. The van der Waals surface area contributed by atoms with Crippen LogP contribution in [0.1, 0.15) is 29.2 Å². The molecule has 0 bridgehead atoms. The lowest BCUT2D eigenvalue weighted by atomic mass is 10.1. The van der Waals surface area contributed by atoms with Crippen LogP contribution in [0, 0.1) is 19.7 Å². The van der Waals surface area contributed by atoms with Gasteiger partial charge in [0, 0.05) is 5.69 Å². The van der Waals surface area contributed by atoms with Crippen molar-refractivity contribution in [1.29, 1.82) is 0 Å². The third kappa shape index (κ3) is 7.16. The Hall–Kier alpha value is -4.20. The first-order valence-electron chi connectivity index (χ1n) is 10.7. The van der Waals surface area contributed by atoms with E-state index in [4.69, 9.17) is 9.47 Å². The summed E-state index contributed by atoms with van der Waals surface area (Å²) in [5, 5.41) is 6.41. The van der Waals surface area contributed by atoms with Crippen molar-refractivity contribution in [1.82, 2.24) is 5.43 Å². The van der Waals surface area contributed by atoms with Crippen LogP contribution in [0.25, 0.3) is 0 Å². The maximum absolute atomic E-state index is 13.1. The van der Waals surface area contributed by atoms with Gasteiger partial charge in [-0.25, -0.2) is 9.82 Å². The largest absolute Gasteiger partial charge is 0.490 e. The van der Waals surface area contributed by atoms with Gasteiger partial charge in [0.05, 0.1) is 12.8 Å². The molecule has 0 unspecified atom stereocenters. The SMILES string of the molecule is CCOc1cc(C=NNC(=O)C(=O)Nc2cc(C)cc(C)c2)ccc1OCc1ccc(F)cc1. The highest BCUT2D eigenvalue weighted by Crippen LogP contribution is 2.29. The second-order valence-corrected chi connectivity index (χ2v) is 7.58. The number of hydrogen-bond donors (Lipinski definition) is 2. The van der Waals surface area contributed by atoms with Crippen LogP contribution >= 0.6 is 0 Å². The van der Waals surface area contributed by atoms with Crippen LogP contribution in [0.5, 0.6) is 11.5 Å². The van der Waals surface area contributed by atoms with E-state index < -0.39 is 11.8 Å². The average Bonchev–Trinajstić information content (AvgIpc) is 2.79. The zero-order valence-electron chi connectivity index (χ0n) is 19.2. The second kappa shape index (κ2) is 11.6. The van der Waals surface area contributed by atoms with Gasteiger partial charge in [0.1, 0.15) is 12.4 Å². The molecular formula is C26H26FN3O4. The van der Waals surface area contributed by atoms with Crippen molar-refractivity contribution in [2.45, 2.75) is 27.4 Å². The molecule has 2 amide bonds. The van der Waals surface area contributed by atoms with E-state index in [0.29, 0.717) is 29.4 Å². The molecule has 0 aromatic heterocycles. The van der Waals surface area contributed by atoms with Crippen molar-refractivity contribution in [3.8, 4) is 11.5 Å². The lowest BCUT2D eigenvalue weighted by Crippen LogP contribution is -2.32. The first-order chi connectivity index (χ1) is 16.3. The Morgan fingerprint density at radius 3 is 2.29 bits per heavy atom. The number of nitrogens with one attached hydrogen (secondary N) is 2. The molecule has 176 valence electrons. The Labute approximate surface area is 197 Å². The van der Waals surface area contributed by atoms with Gasteiger partial charge < -0.3 is 14.8 Å². The molecule has 3 aromatic carbocycles. The second-order valence-electron chi connectivity index (χ2n) is 7.58. The number of hydrogen-bond acceptors (Lipinski definition) is 5. The molecule has 0 heterocycles. The van der Waals surface area contributed by atoms with Gasteiger partial charge in [0.15, 0.2) is 11.5 Å². The maximum atomic E-state index is 13.1. The Kier molecular flexibility index (Phi) is 8.34. The first-order valence-corrected chi connectivity index (χ1v) is 10.7. The normalized spacial score (nSPS) is 10.7. The molecule has 0 spiro atoms. The van der Waals surface area contributed by atoms with Crippen molar-refractivity contribution in [3.05, 3.63) is 88.7 Å². The number of aryl methyl sites for hydroxylation is 2. The molecule has 8 heteroatoms. The molecule has 0 aliphatic heterocycles. The van der Waals surface area contributed by atoms with Crippen LogP contribution in [-0.2, 0) is 16.2 Å². The van der Waals surface area contributed by atoms with Gasteiger partial charge >= 0.3 is 11.8 Å². The summed E-state index contributed by atoms with van der Waals surface area (Å²) in [6.45, 7) is 6.33. The fourth-order valence-electron chi connectivity index (χ4n) is 3.19. The van der Waals surface area contributed by atoms with E-state index in [9.17, 15) is 14.0 Å². The van der Waals surface area contributed by atoms with Crippen LogP contribution in [0.2, 0.25) is 0 Å². The zero-order valence-corrected chi connectivity index (χ0v) is 19.2. The Morgan fingerprint density at radius 1 is 0.912 bits per heavy atom. The number of ether oxygens (including phenoxy) is 2. The molecule has 0 aliphatic carbocycles. The minimum absolute atomic E-state index is 0.249. The van der Waals surface area contributed by atoms with Crippen molar-refractivity contribution in [2.24, 2.45) is 5.10 Å². The van der Waals surface area contributed by atoms with Crippen LogP contribution < -0.4 is 20.2 Å². The summed E-state index contributed by atoms with van der Waals surface area (Å²) < 4.78 is 24.5. The smallest absolute Gasteiger partial charge is 0.329 e. The van der Waals surface area contributed by atoms with Gasteiger partial charge in [0.25, 0.3) is 0 Å². The molecule has 0 aliphatic rings. The molecule has 3 rings (SSSR count). The number of hydrazone groups is 1. The van der Waals surface area contributed by atoms with Gasteiger partial charge in [-0.2, -0.15) is 5.10 Å². The third-order valence-corrected chi connectivity index (χ3v) is 4.64. The van der Waals surface area contributed by atoms with Gasteiger partial charge in [-0.3, -0.25) is 9.59 Å². The molecule has 0 radical (unpaired) electrons. The summed E-state index contributed by atoms with van der Waals surface area (Å²) in [6.07, 6.45) is 1.40.